The number of hydrogen-bond donors (Lipinski definition) is 0. The molecule has 0 atom stereocenters. The highest BCUT2D eigenvalue weighted by molar-refractivity contribution is 7.23. The number of fused-ring (bicyclic) bond motifs is 6. The molecule has 12 rings (SSSR count). The van der Waals surface area contributed by atoms with Crippen LogP contribution in [0.4, 0.5) is 0 Å². The maximum absolute atomic E-state index is 9.67. The third-order valence-corrected chi connectivity index (χ3v) is 13.1. The van der Waals surface area contributed by atoms with Gasteiger partial charge in [-0.3, -0.25) is 0 Å². The fourth-order valence-electron chi connectivity index (χ4n) is 9.13. The highest BCUT2D eigenvalue weighted by atomic mass is 32.1. The van der Waals surface area contributed by atoms with Crippen LogP contribution in [0.1, 0.15) is 11.0 Å². The highest BCUT2D eigenvalue weighted by Gasteiger charge is 2.21. The Morgan fingerprint density at radius 3 is 1.48 bits per heavy atom. The van der Waals surface area contributed by atoms with Crippen LogP contribution in [0.5, 0.6) is 0 Å². The minimum absolute atomic E-state index is 0.185. The SMILES string of the molecule is [2H]c1c([2H])c([2H])c2c(-c3ccc4c(-c5cccc(-c6ccccc6)c5)cc5ccccc5c4c3)c3c([2H])c([2H])c([2H])c([2H])c3c(-c3ccc4c(-c5ccccc5)c(-c5ccccc5)sc4c3)c2c1[2H]. The van der Waals surface area contributed by atoms with E-state index >= 15 is 0 Å². The first kappa shape index (κ1) is 28.0. The summed E-state index contributed by atoms with van der Waals surface area (Å²) < 4.78 is 75.9. The van der Waals surface area contributed by atoms with Gasteiger partial charge in [-0.05, 0) is 123 Å². The minimum atomic E-state index is -0.430. The number of thiophene rings is 1. The number of rotatable bonds is 6. The Hall–Kier alpha value is -7.58. The lowest BCUT2D eigenvalue weighted by Crippen LogP contribution is -1.92. The molecule has 284 valence electrons. The molecule has 61 heavy (non-hydrogen) atoms. The molecule has 1 heterocycles. The van der Waals surface area contributed by atoms with Crippen LogP contribution in [0.2, 0.25) is 0 Å². The zero-order valence-corrected chi connectivity index (χ0v) is 33.5. The van der Waals surface area contributed by atoms with E-state index in [0.29, 0.717) is 22.3 Å². The molecule has 0 spiro atoms. The summed E-state index contributed by atoms with van der Waals surface area (Å²) in [6.45, 7) is 0. The molecule has 0 aliphatic heterocycles. The molecular weight excluding hydrogens is 753 g/mol. The van der Waals surface area contributed by atoms with Gasteiger partial charge in [-0.15, -0.1) is 11.3 Å². The van der Waals surface area contributed by atoms with E-state index in [-0.39, 0.29) is 45.7 Å². The second kappa shape index (κ2) is 14.6. The van der Waals surface area contributed by atoms with Crippen LogP contribution in [0.25, 0.3) is 119 Å². The molecule has 0 N–H and O–H groups in total. The molecule has 0 aliphatic rings. The fourth-order valence-corrected chi connectivity index (χ4v) is 10.4. The third-order valence-electron chi connectivity index (χ3n) is 11.9. The van der Waals surface area contributed by atoms with Gasteiger partial charge in [0.25, 0.3) is 0 Å². The van der Waals surface area contributed by atoms with Crippen LogP contribution in [-0.2, 0) is 0 Å². The van der Waals surface area contributed by atoms with Gasteiger partial charge in [0, 0.05) is 20.5 Å². The van der Waals surface area contributed by atoms with Crippen LogP contribution in [0.3, 0.4) is 0 Å². The molecule has 0 saturated heterocycles. The monoisotopic (exact) mass is 798 g/mol. The summed E-state index contributed by atoms with van der Waals surface area (Å²) in [7, 11) is 0. The van der Waals surface area contributed by atoms with E-state index in [1.807, 2.05) is 103 Å². The summed E-state index contributed by atoms with van der Waals surface area (Å²) in [5, 5.41) is 5.58. The van der Waals surface area contributed by atoms with Crippen LogP contribution >= 0.6 is 11.3 Å². The lowest BCUT2D eigenvalue weighted by Gasteiger charge is -2.19. The zero-order valence-electron chi connectivity index (χ0n) is 40.7. The van der Waals surface area contributed by atoms with E-state index < -0.39 is 24.2 Å². The molecule has 0 saturated carbocycles. The van der Waals surface area contributed by atoms with E-state index in [1.54, 1.807) is 11.3 Å². The second-order valence-corrected chi connectivity index (χ2v) is 16.4. The van der Waals surface area contributed by atoms with Crippen molar-refractivity contribution in [1.29, 1.82) is 0 Å². The first-order chi connectivity index (χ1) is 33.6. The van der Waals surface area contributed by atoms with E-state index in [1.165, 1.54) is 0 Å². The molecule has 0 bridgehead atoms. The van der Waals surface area contributed by atoms with Gasteiger partial charge in [0.2, 0.25) is 0 Å². The normalized spacial score (nSPS) is 13.4. The van der Waals surface area contributed by atoms with Gasteiger partial charge < -0.3 is 0 Å². The Balaban J connectivity index is 1.18. The summed E-state index contributed by atoms with van der Waals surface area (Å²) in [6, 6.07) is 58.5. The quantitative estimate of drug-likeness (QED) is 0.116. The standard InChI is InChI=1S/C60H38S/c1-4-17-39(18-5-1)42-24-16-25-43(35-42)54-36-44-23-10-11-26-47(44)55-37-45(31-33-48(54)55)57-49-27-12-14-29-51(49)58(52-30-15-13-28-50(52)57)46-32-34-53-56(38-46)61-60(41-21-8-3-9-22-41)59(53)40-19-6-2-7-20-40/h1-38H/i12D,13D,14D,15D,27D,28D,29D,30D. The van der Waals surface area contributed by atoms with Crippen LogP contribution < -0.4 is 0 Å². The maximum Gasteiger partial charge on any atom is 0.0629 e. The molecule has 0 aliphatic carbocycles. The molecule has 0 amide bonds. The number of hydrogen-bond acceptors (Lipinski definition) is 1. The predicted octanol–water partition coefficient (Wildman–Crippen LogP) is 17.5. The minimum Gasteiger partial charge on any atom is -0.135 e. The Bertz CT molecular complexity index is 4010. The van der Waals surface area contributed by atoms with E-state index in [9.17, 15) is 5.48 Å². The summed E-state index contributed by atoms with van der Waals surface area (Å²) in [5.41, 5.74) is 9.18. The summed E-state index contributed by atoms with van der Waals surface area (Å²) in [4.78, 5) is 1.07. The van der Waals surface area contributed by atoms with E-state index in [4.69, 9.17) is 5.48 Å². The molecule has 12 aromatic rings. The molecule has 11 aromatic carbocycles. The van der Waals surface area contributed by atoms with Crippen LogP contribution in [-0.4, -0.2) is 0 Å². The largest absolute Gasteiger partial charge is 0.135 e. The van der Waals surface area contributed by atoms with Gasteiger partial charge in [0.15, 0.2) is 0 Å². The first-order valence-electron chi connectivity index (χ1n) is 24.3. The Labute approximate surface area is 370 Å². The lowest BCUT2D eigenvalue weighted by atomic mass is 9.84. The molecule has 0 fully saturated rings. The summed E-state index contributed by atoms with van der Waals surface area (Å²) in [5.74, 6) is 0. The predicted molar refractivity (Wildman–Crippen MR) is 264 cm³/mol. The average molecular weight is 799 g/mol. The van der Waals surface area contributed by atoms with Crippen molar-refractivity contribution in [2.24, 2.45) is 0 Å². The Morgan fingerprint density at radius 2 is 0.820 bits per heavy atom. The topological polar surface area (TPSA) is 0 Å². The van der Waals surface area contributed by atoms with Crippen molar-refractivity contribution in [3.05, 3.63) is 230 Å². The van der Waals surface area contributed by atoms with Crippen molar-refractivity contribution >= 4 is 64.5 Å². The third kappa shape index (κ3) is 5.97. The average Bonchev–Trinajstić information content (AvgIpc) is 3.79. The van der Waals surface area contributed by atoms with Gasteiger partial charge in [-0.25, -0.2) is 0 Å². The van der Waals surface area contributed by atoms with Crippen LogP contribution in [0.15, 0.2) is 230 Å². The molecule has 0 nitrogen and oxygen atoms in total. The smallest absolute Gasteiger partial charge is 0.0629 e. The van der Waals surface area contributed by atoms with Crippen molar-refractivity contribution in [1.82, 2.24) is 0 Å². The molecular formula is C60H38S. The van der Waals surface area contributed by atoms with E-state index in [0.717, 1.165) is 75.5 Å². The molecule has 1 aromatic heterocycles. The van der Waals surface area contributed by atoms with Crippen molar-refractivity contribution in [2.45, 2.75) is 0 Å². The van der Waals surface area contributed by atoms with Gasteiger partial charge in [-0.2, -0.15) is 0 Å². The van der Waals surface area contributed by atoms with Gasteiger partial charge in [0.1, 0.15) is 0 Å². The van der Waals surface area contributed by atoms with E-state index in [2.05, 4.69) is 78.9 Å². The van der Waals surface area contributed by atoms with Crippen molar-refractivity contribution < 1.29 is 11.0 Å². The molecule has 1 heteroatoms. The van der Waals surface area contributed by atoms with Gasteiger partial charge in [-0.1, -0.05) is 206 Å². The first-order valence-corrected chi connectivity index (χ1v) is 21.2. The van der Waals surface area contributed by atoms with Crippen molar-refractivity contribution in [2.75, 3.05) is 0 Å². The summed E-state index contributed by atoms with van der Waals surface area (Å²) in [6.07, 6.45) is 0. The van der Waals surface area contributed by atoms with Crippen molar-refractivity contribution in [3.63, 3.8) is 0 Å². The fraction of sp³-hybridized carbons (Fsp3) is 0. The summed E-state index contributed by atoms with van der Waals surface area (Å²) >= 11 is 1.62. The van der Waals surface area contributed by atoms with Crippen molar-refractivity contribution in [3.8, 4) is 66.1 Å². The lowest BCUT2D eigenvalue weighted by molar-refractivity contribution is 1.61. The molecule has 0 unspecified atom stereocenters. The van der Waals surface area contributed by atoms with Gasteiger partial charge >= 0.3 is 0 Å². The Morgan fingerprint density at radius 1 is 0.295 bits per heavy atom. The Kier molecular flexibility index (Phi) is 6.70. The van der Waals surface area contributed by atoms with Gasteiger partial charge in [0.05, 0.1) is 11.0 Å². The van der Waals surface area contributed by atoms with Crippen LogP contribution in [0, 0.1) is 0 Å². The second-order valence-electron chi connectivity index (χ2n) is 15.4. The molecule has 0 radical (unpaired) electrons. The maximum atomic E-state index is 9.67. The zero-order chi connectivity index (χ0) is 47.2. The highest BCUT2D eigenvalue weighted by Crippen LogP contribution is 2.49. The number of benzene rings is 11.